The molecule has 8 nitrogen and oxygen atoms in total. The lowest BCUT2D eigenvalue weighted by Gasteiger charge is -2.23. The van der Waals surface area contributed by atoms with E-state index >= 15 is 0 Å². The van der Waals surface area contributed by atoms with Gasteiger partial charge in [0, 0.05) is 48.4 Å². The highest BCUT2D eigenvalue weighted by Crippen LogP contribution is 2.34. The molecule has 1 aliphatic heterocycles. The molecule has 182 valence electrons. The third kappa shape index (κ3) is 6.21. The van der Waals surface area contributed by atoms with Gasteiger partial charge in [-0.3, -0.25) is 14.7 Å². The van der Waals surface area contributed by atoms with E-state index in [2.05, 4.69) is 64.8 Å². The molecule has 1 aliphatic rings. The first kappa shape index (κ1) is 25.4. The van der Waals surface area contributed by atoms with Crippen molar-refractivity contribution in [3.63, 3.8) is 0 Å². The molecule has 1 aromatic carbocycles. The van der Waals surface area contributed by atoms with Crippen LogP contribution in [-0.2, 0) is 22.5 Å². The molecule has 0 unspecified atom stereocenters. The van der Waals surface area contributed by atoms with Gasteiger partial charge in [0.2, 0.25) is 0 Å². The topological polar surface area (TPSA) is 89.7 Å². The zero-order valence-electron chi connectivity index (χ0n) is 20.1. The van der Waals surface area contributed by atoms with Crippen molar-refractivity contribution in [3.05, 3.63) is 66.2 Å². The fourth-order valence-electron chi connectivity index (χ4n) is 4.44. The first-order valence-electron chi connectivity index (χ1n) is 11.6. The van der Waals surface area contributed by atoms with E-state index in [1.165, 1.54) is 11.1 Å². The Morgan fingerprint density at radius 2 is 1.91 bits per heavy atom. The molecule has 0 bridgehead atoms. The van der Waals surface area contributed by atoms with Crippen molar-refractivity contribution in [1.29, 1.82) is 0 Å². The Hall–Kier alpha value is -3.23. The summed E-state index contributed by atoms with van der Waals surface area (Å²) in [6.45, 7) is 8.48. The summed E-state index contributed by atoms with van der Waals surface area (Å²) < 4.78 is 13.8. The average Bonchev–Trinajstić information content (AvgIpc) is 3.53. The summed E-state index contributed by atoms with van der Waals surface area (Å²) in [6.07, 6.45) is 8.67. The normalized spacial score (nSPS) is 17.3. The number of hydrogen-bond donors (Lipinski definition) is 1. The quantitative estimate of drug-likeness (QED) is 0.478. The molecule has 1 N–H and O–H groups in total. The smallest absolute Gasteiger partial charge is 0.290 e. The summed E-state index contributed by atoms with van der Waals surface area (Å²) in [7, 11) is 1.74. The minimum Gasteiger partial charge on any atom is -0.496 e. The Kier molecular flexibility index (Phi) is 9.61. The van der Waals surface area contributed by atoms with Crippen molar-refractivity contribution in [2.24, 2.45) is 5.92 Å². The molecule has 0 amide bonds. The van der Waals surface area contributed by atoms with Crippen LogP contribution in [0.25, 0.3) is 11.4 Å². The molecule has 2 aromatic heterocycles. The van der Waals surface area contributed by atoms with Gasteiger partial charge in [-0.05, 0) is 55.4 Å². The standard InChI is InChI=1S/C25H32N4O2.CH2O2/c1-4-28(5-2)16-21-15-20(6-7-24(21)30-3)25-27-12-13-29(25)23-18-31-17-22(23)14-19-8-10-26-11-9-19;2-1-3/h6-13,15,22-23H,4-5,14,16-18H2,1-3H3;1H,(H,2,3)/t22-,23-;/m1./s1. The first-order valence-corrected chi connectivity index (χ1v) is 11.6. The maximum Gasteiger partial charge on any atom is 0.290 e. The average molecular weight is 467 g/mol. The number of ether oxygens (including phenoxy) is 2. The van der Waals surface area contributed by atoms with Crippen LogP contribution in [0.15, 0.2) is 55.1 Å². The molecule has 1 fully saturated rings. The highest BCUT2D eigenvalue weighted by molar-refractivity contribution is 5.59. The molecular formula is C26H34N4O4. The van der Waals surface area contributed by atoms with Crippen LogP contribution in [0.5, 0.6) is 5.75 Å². The molecule has 0 radical (unpaired) electrons. The van der Waals surface area contributed by atoms with Gasteiger partial charge >= 0.3 is 0 Å². The summed E-state index contributed by atoms with van der Waals surface area (Å²) in [5.41, 5.74) is 3.60. The van der Waals surface area contributed by atoms with E-state index in [1.807, 2.05) is 18.6 Å². The van der Waals surface area contributed by atoms with Crippen LogP contribution in [0.4, 0.5) is 0 Å². The number of nitrogens with zero attached hydrogens (tertiary/aromatic N) is 4. The summed E-state index contributed by atoms with van der Waals surface area (Å²) in [4.78, 5) is 19.6. The van der Waals surface area contributed by atoms with E-state index in [-0.39, 0.29) is 12.5 Å². The van der Waals surface area contributed by atoms with Crippen molar-refractivity contribution in [2.45, 2.75) is 32.9 Å². The number of carboxylic acid groups (broad SMARTS) is 1. The number of hydrogen-bond acceptors (Lipinski definition) is 6. The zero-order chi connectivity index (χ0) is 24.3. The molecule has 3 aromatic rings. The number of carbonyl (C=O) groups is 1. The maximum absolute atomic E-state index is 8.36. The van der Waals surface area contributed by atoms with Crippen LogP contribution in [0.2, 0.25) is 0 Å². The summed E-state index contributed by atoms with van der Waals surface area (Å²) >= 11 is 0. The number of pyridine rings is 1. The minimum absolute atomic E-state index is 0.250. The lowest BCUT2D eigenvalue weighted by atomic mass is 9.95. The molecule has 0 saturated carbocycles. The molecule has 3 heterocycles. The molecule has 4 rings (SSSR count). The Morgan fingerprint density at radius 1 is 1.18 bits per heavy atom. The Bertz CT molecular complexity index is 1020. The second-order valence-electron chi connectivity index (χ2n) is 8.18. The maximum atomic E-state index is 8.36. The van der Waals surface area contributed by atoms with Crippen molar-refractivity contribution >= 4 is 6.47 Å². The van der Waals surface area contributed by atoms with Gasteiger partial charge in [0.25, 0.3) is 6.47 Å². The molecule has 8 heteroatoms. The van der Waals surface area contributed by atoms with Crippen molar-refractivity contribution in [1.82, 2.24) is 19.4 Å². The van der Waals surface area contributed by atoms with E-state index in [0.29, 0.717) is 12.5 Å². The lowest BCUT2D eigenvalue weighted by molar-refractivity contribution is -0.122. The van der Waals surface area contributed by atoms with Crippen LogP contribution in [0.3, 0.4) is 0 Å². The predicted octanol–water partition coefficient (Wildman–Crippen LogP) is 3.93. The second kappa shape index (κ2) is 12.9. The van der Waals surface area contributed by atoms with Gasteiger partial charge in [-0.1, -0.05) is 13.8 Å². The number of rotatable bonds is 9. The number of imidazole rings is 1. The molecule has 1 saturated heterocycles. The van der Waals surface area contributed by atoms with Crippen molar-refractivity contribution in [3.8, 4) is 17.1 Å². The Morgan fingerprint density at radius 3 is 2.59 bits per heavy atom. The predicted molar refractivity (Wildman–Crippen MR) is 131 cm³/mol. The second-order valence-corrected chi connectivity index (χ2v) is 8.18. The van der Waals surface area contributed by atoms with E-state index in [9.17, 15) is 0 Å². The van der Waals surface area contributed by atoms with Crippen LogP contribution in [0.1, 0.15) is 31.0 Å². The number of methoxy groups -OCH3 is 1. The van der Waals surface area contributed by atoms with Gasteiger partial charge in [0.15, 0.2) is 0 Å². The van der Waals surface area contributed by atoms with Gasteiger partial charge in [-0.25, -0.2) is 4.98 Å². The van der Waals surface area contributed by atoms with Crippen molar-refractivity contribution in [2.75, 3.05) is 33.4 Å². The highest BCUT2D eigenvalue weighted by atomic mass is 16.5. The van der Waals surface area contributed by atoms with Gasteiger partial charge in [-0.15, -0.1) is 0 Å². The molecule has 34 heavy (non-hydrogen) atoms. The van der Waals surface area contributed by atoms with E-state index in [0.717, 1.165) is 49.8 Å². The fraction of sp³-hybridized carbons (Fsp3) is 0.423. The number of aromatic nitrogens is 3. The third-order valence-corrected chi connectivity index (χ3v) is 6.26. The largest absolute Gasteiger partial charge is 0.496 e. The van der Waals surface area contributed by atoms with Gasteiger partial charge < -0.3 is 19.1 Å². The SMILES string of the molecule is CCN(CC)Cc1cc(-c2nccn2[C@@H]2COC[C@H]2Cc2ccncc2)ccc1OC.O=CO. The molecule has 2 atom stereocenters. The Balaban J connectivity index is 0.00000103. The lowest BCUT2D eigenvalue weighted by Crippen LogP contribution is -2.22. The van der Waals surface area contributed by atoms with Crippen molar-refractivity contribution < 1.29 is 19.4 Å². The van der Waals surface area contributed by atoms with Crippen LogP contribution >= 0.6 is 0 Å². The zero-order valence-corrected chi connectivity index (χ0v) is 20.1. The molecule has 0 spiro atoms. The van der Waals surface area contributed by atoms with Gasteiger partial charge in [0.05, 0.1) is 26.4 Å². The highest BCUT2D eigenvalue weighted by Gasteiger charge is 2.31. The van der Waals surface area contributed by atoms with E-state index in [4.69, 9.17) is 24.4 Å². The summed E-state index contributed by atoms with van der Waals surface area (Å²) in [5.74, 6) is 2.32. The molecule has 0 aliphatic carbocycles. The van der Waals surface area contributed by atoms with Gasteiger partial charge in [-0.2, -0.15) is 0 Å². The van der Waals surface area contributed by atoms with Crippen LogP contribution < -0.4 is 4.74 Å². The first-order chi connectivity index (χ1) is 16.6. The summed E-state index contributed by atoms with van der Waals surface area (Å²) in [5, 5.41) is 6.89. The van der Waals surface area contributed by atoms with Gasteiger partial charge in [0.1, 0.15) is 11.6 Å². The van der Waals surface area contributed by atoms with Crippen LogP contribution in [-0.4, -0.2) is 64.4 Å². The van der Waals surface area contributed by atoms with E-state index in [1.54, 1.807) is 7.11 Å². The van der Waals surface area contributed by atoms with E-state index < -0.39 is 0 Å². The Labute approximate surface area is 201 Å². The van der Waals surface area contributed by atoms with Crippen LogP contribution in [0, 0.1) is 5.92 Å². The number of benzene rings is 1. The monoisotopic (exact) mass is 466 g/mol. The molecular weight excluding hydrogens is 432 g/mol. The fourth-order valence-corrected chi connectivity index (χ4v) is 4.44. The third-order valence-electron chi connectivity index (χ3n) is 6.26. The minimum atomic E-state index is -0.250. The summed E-state index contributed by atoms with van der Waals surface area (Å²) in [6, 6.07) is 10.8.